The van der Waals surface area contributed by atoms with Crippen molar-refractivity contribution in [2.75, 3.05) is 0 Å². The Balaban J connectivity index is 1.45. The molecule has 2 aliphatic rings. The van der Waals surface area contributed by atoms with Gasteiger partial charge in [0.15, 0.2) is 0 Å². The third kappa shape index (κ3) is 2.17. The van der Waals surface area contributed by atoms with E-state index in [0.717, 1.165) is 36.6 Å². The smallest absolute Gasteiger partial charge is 0.252 e. The maximum absolute atomic E-state index is 12.5. The van der Waals surface area contributed by atoms with E-state index in [4.69, 9.17) is 5.73 Å². The van der Waals surface area contributed by atoms with Crippen molar-refractivity contribution in [3.8, 4) is 0 Å². The first-order valence-electron chi connectivity index (χ1n) is 7.59. The van der Waals surface area contributed by atoms with Crippen molar-refractivity contribution in [3.05, 3.63) is 34.7 Å². The van der Waals surface area contributed by atoms with Gasteiger partial charge in [-0.05, 0) is 49.7 Å². The van der Waals surface area contributed by atoms with Gasteiger partial charge in [0.05, 0.1) is 5.56 Å². The largest absolute Gasteiger partial charge is 0.349 e. The lowest BCUT2D eigenvalue weighted by Crippen LogP contribution is -2.59. The lowest BCUT2D eigenvalue weighted by atomic mass is 9.52. The number of nitrogens with one attached hydrogen (secondary N) is 1. The Morgan fingerprint density at radius 2 is 2.10 bits per heavy atom. The van der Waals surface area contributed by atoms with E-state index in [2.05, 4.69) is 30.4 Å². The molecule has 0 atom stereocenters. The predicted octanol–water partition coefficient (Wildman–Crippen LogP) is 3.21. The van der Waals surface area contributed by atoms with Gasteiger partial charge < -0.3 is 11.1 Å². The third-order valence-corrected chi connectivity index (χ3v) is 6.01. The zero-order valence-electron chi connectivity index (χ0n) is 12.2. The molecule has 1 amide bonds. The van der Waals surface area contributed by atoms with Crippen molar-refractivity contribution in [3.63, 3.8) is 0 Å². The molecule has 2 fully saturated rings. The van der Waals surface area contributed by atoms with E-state index in [1.165, 1.54) is 10.3 Å². The first-order valence-corrected chi connectivity index (χ1v) is 8.47. The molecule has 3 nitrogen and oxygen atoms in total. The SMILES string of the molecule is Cc1ccc2c(C(=O)NC3CC4(CC(N)C4)C3)csc2c1. The lowest BCUT2D eigenvalue weighted by Gasteiger charge is -2.57. The highest BCUT2D eigenvalue weighted by Gasteiger charge is 2.52. The van der Waals surface area contributed by atoms with Gasteiger partial charge in [0.1, 0.15) is 0 Å². The van der Waals surface area contributed by atoms with Crippen molar-refractivity contribution in [2.45, 2.75) is 44.7 Å². The number of hydrogen-bond acceptors (Lipinski definition) is 3. The summed E-state index contributed by atoms with van der Waals surface area (Å²) in [4.78, 5) is 12.5. The number of carbonyl (C=O) groups is 1. The maximum Gasteiger partial charge on any atom is 0.252 e. The molecule has 1 aromatic heterocycles. The van der Waals surface area contributed by atoms with E-state index < -0.39 is 0 Å². The number of carbonyl (C=O) groups excluding carboxylic acids is 1. The molecule has 2 aliphatic carbocycles. The highest BCUT2D eigenvalue weighted by atomic mass is 32.1. The quantitative estimate of drug-likeness (QED) is 0.895. The molecule has 4 rings (SSSR count). The molecule has 21 heavy (non-hydrogen) atoms. The first-order chi connectivity index (χ1) is 10.0. The van der Waals surface area contributed by atoms with Gasteiger partial charge in [0.25, 0.3) is 5.91 Å². The second-order valence-electron chi connectivity index (χ2n) is 6.90. The molecule has 1 aromatic carbocycles. The summed E-state index contributed by atoms with van der Waals surface area (Å²) < 4.78 is 1.19. The van der Waals surface area contributed by atoms with Crippen LogP contribution in [0.1, 0.15) is 41.6 Å². The number of fused-ring (bicyclic) bond motifs is 1. The number of benzene rings is 1. The normalized spacial score (nSPS) is 31.0. The molecule has 2 aromatic rings. The molecule has 0 unspecified atom stereocenters. The van der Waals surface area contributed by atoms with Crippen molar-refractivity contribution < 1.29 is 4.79 Å². The van der Waals surface area contributed by atoms with E-state index in [1.54, 1.807) is 11.3 Å². The molecule has 1 heterocycles. The number of nitrogens with two attached hydrogens (primary N) is 1. The summed E-state index contributed by atoms with van der Waals surface area (Å²) in [5, 5.41) is 6.24. The fourth-order valence-electron chi connectivity index (χ4n) is 4.05. The summed E-state index contributed by atoms with van der Waals surface area (Å²) in [6.07, 6.45) is 4.49. The van der Waals surface area contributed by atoms with Crippen molar-refractivity contribution in [2.24, 2.45) is 11.1 Å². The summed E-state index contributed by atoms with van der Waals surface area (Å²) in [6, 6.07) is 7.00. The molecule has 110 valence electrons. The van der Waals surface area contributed by atoms with E-state index in [9.17, 15) is 4.79 Å². The average Bonchev–Trinajstić information content (AvgIpc) is 2.77. The number of aryl methyl sites for hydroxylation is 1. The number of hydrogen-bond donors (Lipinski definition) is 2. The van der Waals surface area contributed by atoms with Gasteiger partial charge in [-0.25, -0.2) is 0 Å². The van der Waals surface area contributed by atoms with E-state index in [-0.39, 0.29) is 5.91 Å². The fraction of sp³-hybridized carbons (Fsp3) is 0.471. The molecule has 0 radical (unpaired) electrons. The van der Waals surface area contributed by atoms with Crippen LogP contribution in [-0.2, 0) is 0 Å². The topological polar surface area (TPSA) is 55.1 Å². The standard InChI is InChI=1S/C17H20N2OS/c1-10-2-3-13-14(9-21-15(13)4-10)16(20)19-12-7-17(8-12)5-11(18)6-17/h2-4,9,11-12H,5-8,18H2,1H3,(H,19,20). The van der Waals surface area contributed by atoms with Crippen LogP contribution in [-0.4, -0.2) is 18.0 Å². The minimum atomic E-state index is 0.0774. The van der Waals surface area contributed by atoms with Gasteiger partial charge in [-0.2, -0.15) is 0 Å². The van der Waals surface area contributed by atoms with Crippen LogP contribution in [0.4, 0.5) is 0 Å². The molecule has 0 saturated heterocycles. The van der Waals surface area contributed by atoms with Crippen LogP contribution in [0.2, 0.25) is 0 Å². The predicted molar refractivity (Wildman–Crippen MR) is 86.7 cm³/mol. The Morgan fingerprint density at radius 1 is 1.33 bits per heavy atom. The van der Waals surface area contributed by atoms with Crippen molar-refractivity contribution in [1.29, 1.82) is 0 Å². The fourth-order valence-corrected chi connectivity index (χ4v) is 5.09. The molecule has 0 bridgehead atoms. The Kier molecular flexibility index (Phi) is 2.88. The number of thiophene rings is 1. The van der Waals surface area contributed by atoms with Crippen molar-refractivity contribution >= 4 is 27.3 Å². The molecule has 1 spiro atoms. The van der Waals surface area contributed by atoms with Gasteiger partial charge in [-0.3, -0.25) is 4.79 Å². The second kappa shape index (κ2) is 4.55. The average molecular weight is 300 g/mol. The van der Waals surface area contributed by atoms with Crippen LogP contribution in [0.15, 0.2) is 23.6 Å². The lowest BCUT2D eigenvalue weighted by molar-refractivity contribution is -0.0159. The van der Waals surface area contributed by atoms with E-state index in [0.29, 0.717) is 17.5 Å². The molecule has 4 heteroatoms. The summed E-state index contributed by atoms with van der Waals surface area (Å²) in [5.41, 5.74) is 8.39. The van der Waals surface area contributed by atoms with Crippen LogP contribution in [0.3, 0.4) is 0 Å². The summed E-state index contributed by atoms with van der Waals surface area (Å²) in [7, 11) is 0. The monoisotopic (exact) mass is 300 g/mol. The van der Waals surface area contributed by atoms with Crippen LogP contribution in [0.5, 0.6) is 0 Å². The van der Waals surface area contributed by atoms with Gasteiger partial charge >= 0.3 is 0 Å². The van der Waals surface area contributed by atoms with E-state index >= 15 is 0 Å². The van der Waals surface area contributed by atoms with Gasteiger partial charge in [0.2, 0.25) is 0 Å². The van der Waals surface area contributed by atoms with Crippen molar-refractivity contribution in [1.82, 2.24) is 5.32 Å². The Hall–Kier alpha value is -1.39. The van der Waals surface area contributed by atoms with E-state index in [1.807, 2.05) is 5.38 Å². The van der Waals surface area contributed by atoms with Gasteiger partial charge in [0, 0.05) is 27.5 Å². The Morgan fingerprint density at radius 3 is 2.81 bits per heavy atom. The Bertz CT molecular complexity index is 707. The van der Waals surface area contributed by atoms with Crippen LogP contribution in [0.25, 0.3) is 10.1 Å². The van der Waals surface area contributed by atoms with Crippen LogP contribution < -0.4 is 11.1 Å². The Labute approximate surface area is 128 Å². The number of rotatable bonds is 2. The molecule has 2 saturated carbocycles. The second-order valence-corrected chi connectivity index (χ2v) is 7.81. The molecule has 0 aliphatic heterocycles. The molecule has 3 N–H and O–H groups in total. The molecular formula is C17H20N2OS. The molecular weight excluding hydrogens is 280 g/mol. The third-order valence-electron chi connectivity index (χ3n) is 5.06. The zero-order chi connectivity index (χ0) is 14.6. The van der Waals surface area contributed by atoms with Gasteiger partial charge in [-0.15, -0.1) is 11.3 Å². The zero-order valence-corrected chi connectivity index (χ0v) is 13.0. The van der Waals surface area contributed by atoms with Crippen LogP contribution in [0, 0.1) is 12.3 Å². The minimum absolute atomic E-state index is 0.0774. The maximum atomic E-state index is 12.5. The minimum Gasteiger partial charge on any atom is -0.349 e. The highest BCUT2D eigenvalue weighted by Crippen LogP contribution is 2.55. The van der Waals surface area contributed by atoms with Crippen LogP contribution >= 0.6 is 11.3 Å². The highest BCUT2D eigenvalue weighted by molar-refractivity contribution is 7.17. The first kappa shape index (κ1) is 13.3. The number of amides is 1. The van der Waals surface area contributed by atoms with Gasteiger partial charge in [-0.1, -0.05) is 12.1 Å². The summed E-state index contributed by atoms with van der Waals surface area (Å²) in [5.74, 6) is 0.0774. The summed E-state index contributed by atoms with van der Waals surface area (Å²) in [6.45, 7) is 2.08. The summed E-state index contributed by atoms with van der Waals surface area (Å²) >= 11 is 1.65.